The van der Waals surface area contributed by atoms with E-state index < -0.39 is 11.8 Å². The highest BCUT2D eigenvalue weighted by molar-refractivity contribution is 8.18. The second-order valence-corrected chi connectivity index (χ2v) is 7.11. The van der Waals surface area contributed by atoms with E-state index in [1.807, 2.05) is 0 Å². The van der Waals surface area contributed by atoms with Crippen LogP contribution in [0.3, 0.4) is 0 Å². The van der Waals surface area contributed by atoms with E-state index in [-0.39, 0.29) is 28.7 Å². The largest absolute Gasteiger partial charge is 0.506 e. The quantitative estimate of drug-likeness (QED) is 0.620. The molecule has 6 nitrogen and oxygen atoms in total. The number of esters is 1. The molecule has 0 aliphatic carbocycles. The molecule has 0 bridgehead atoms. The molecule has 0 aromatic heterocycles. The zero-order chi connectivity index (χ0) is 21.7. The number of rotatable bonds is 6. The van der Waals surface area contributed by atoms with Gasteiger partial charge < -0.3 is 19.7 Å². The fourth-order valence-electron chi connectivity index (χ4n) is 2.69. The molecule has 3 rings (SSSR count). The van der Waals surface area contributed by atoms with Gasteiger partial charge in [-0.25, -0.2) is 14.2 Å². The molecule has 1 aliphatic heterocycles. The van der Waals surface area contributed by atoms with Crippen LogP contribution in [-0.2, 0) is 9.53 Å². The summed E-state index contributed by atoms with van der Waals surface area (Å²) >= 11 is 1.04. The second-order valence-electron chi connectivity index (χ2n) is 6.08. The van der Waals surface area contributed by atoms with Gasteiger partial charge in [0.2, 0.25) is 0 Å². The molecular formula is C22H20FNO5S. The molecule has 0 fully saturated rings. The first kappa shape index (κ1) is 21.4. The van der Waals surface area contributed by atoms with Gasteiger partial charge in [0, 0.05) is 5.56 Å². The number of para-hydroxylation sites is 1. The summed E-state index contributed by atoms with van der Waals surface area (Å²) in [5.41, 5.74) is 0.732. The lowest BCUT2D eigenvalue weighted by Crippen LogP contribution is -2.12. The average molecular weight is 429 g/mol. The van der Waals surface area contributed by atoms with Crippen molar-refractivity contribution in [2.24, 2.45) is 4.99 Å². The van der Waals surface area contributed by atoms with Crippen LogP contribution in [0.1, 0.15) is 19.4 Å². The lowest BCUT2D eigenvalue weighted by atomic mass is 10.1. The summed E-state index contributed by atoms with van der Waals surface area (Å²) in [6.45, 7) is 3.97. The number of hydrogen-bond acceptors (Lipinski definition) is 7. The number of carbonyl (C=O) groups is 1. The predicted molar refractivity (Wildman–Crippen MR) is 115 cm³/mol. The highest BCUT2D eigenvalue weighted by Crippen LogP contribution is 2.42. The molecule has 0 saturated carbocycles. The van der Waals surface area contributed by atoms with Gasteiger partial charge in [-0.2, -0.15) is 0 Å². The van der Waals surface area contributed by atoms with E-state index in [1.165, 1.54) is 30.3 Å². The number of phenolic OH excluding ortho intramolecular Hbond substituents is 1. The van der Waals surface area contributed by atoms with Crippen LogP contribution < -0.4 is 4.74 Å². The van der Waals surface area contributed by atoms with Crippen molar-refractivity contribution in [3.8, 4) is 11.5 Å². The Balaban J connectivity index is 2.05. The number of nitrogens with zero attached hydrogens (tertiary/aromatic N) is 1. The standard InChI is InChI=1S/C22H20FNO5S/c1-3-28-16-7-5-6-13(19(16)25)12-17-20(26)18(22(27)29-4-2)21(30-17)24-15-10-8-14(23)9-11-15/h5-12,25-26H,3-4H2,1-2H3/b17-12+,24-21?. The molecule has 0 amide bonds. The number of benzene rings is 2. The Bertz CT molecular complexity index is 1040. The van der Waals surface area contributed by atoms with E-state index in [0.717, 1.165) is 11.8 Å². The summed E-state index contributed by atoms with van der Waals surface area (Å²) < 4.78 is 23.6. The number of halogens is 1. The summed E-state index contributed by atoms with van der Waals surface area (Å²) in [6.07, 6.45) is 1.53. The molecule has 2 aromatic rings. The predicted octanol–water partition coefficient (Wildman–Crippen LogP) is 5.12. The van der Waals surface area contributed by atoms with Crippen molar-refractivity contribution < 1.29 is 28.9 Å². The summed E-state index contributed by atoms with van der Waals surface area (Å²) in [6, 6.07) is 10.4. The summed E-state index contributed by atoms with van der Waals surface area (Å²) in [7, 11) is 0. The van der Waals surface area contributed by atoms with Crippen molar-refractivity contribution in [2.45, 2.75) is 13.8 Å². The average Bonchev–Trinajstić information content (AvgIpc) is 3.02. The third kappa shape index (κ3) is 4.65. The van der Waals surface area contributed by atoms with Gasteiger partial charge in [0.1, 0.15) is 22.2 Å². The van der Waals surface area contributed by atoms with Crippen LogP contribution in [0.4, 0.5) is 10.1 Å². The minimum Gasteiger partial charge on any atom is -0.506 e. The number of aliphatic hydroxyl groups is 1. The zero-order valence-corrected chi connectivity index (χ0v) is 17.2. The molecule has 2 N–H and O–H groups in total. The van der Waals surface area contributed by atoms with Crippen molar-refractivity contribution in [1.82, 2.24) is 0 Å². The number of carbonyl (C=O) groups excluding carboxylic acids is 1. The van der Waals surface area contributed by atoms with Gasteiger partial charge in [-0.05, 0) is 50.3 Å². The topological polar surface area (TPSA) is 88.4 Å². The molecule has 0 spiro atoms. The normalized spacial score (nSPS) is 16.4. The van der Waals surface area contributed by atoms with Gasteiger partial charge in [0.25, 0.3) is 0 Å². The molecular weight excluding hydrogens is 409 g/mol. The SMILES string of the molecule is CCOC(=O)C1=C(O)/C(=C\c2cccc(OCC)c2O)SC1=Nc1ccc(F)cc1. The van der Waals surface area contributed by atoms with Crippen LogP contribution in [-0.4, -0.2) is 34.4 Å². The number of ether oxygens (including phenoxy) is 2. The van der Waals surface area contributed by atoms with Crippen LogP contribution in [0, 0.1) is 5.82 Å². The van der Waals surface area contributed by atoms with Crippen molar-refractivity contribution in [3.05, 3.63) is 70.1 Å². The molecule has 1 aliphatic rings. The molecule has 0 radical (unpaired) electrons. The van der Waals surface area contributed by atoms with E-state index >= 15 is 0 Å². The molecule has 0 atom stereocenters. The maximum Gasteiger partial charge on any atom is 0.344 e. The Kier molecular flexibility index (Phi) is 6.79. The number of aliphatic imine (C=N–C) groups is 1. The summed E-state index contributed by atoms with van der Waals surface area (Å²) in [4.78, 5) is 17.1. The van der Waals surface area contributed by atoms with Gasteiger partial charge in [0.15, 0.2) is 11.5 Å². The van der Waals surface area contributed by atoms with Gasteiger partial charge in [-0.1, -0.05) is 23.9 Å². The Morgan fingerprint density at radius 3 is 2.53 bits per heavy atom. The zero-order valence-electron chi connectivity index (χ0n) is 16.4. The van der Waals surface area contributed by atoms with Gasteiger partial charge in [0.05, 0.1) is 23.8 Å². The Morgan fingerprint density at radius 1 is 1.13 bits per heavy atom. The lowest BCUT2D eigenvalue weighted by Gasteiger charge is -2.08. The number of hydrogen-bond donors (Lipinski definition) is 2. The van der Waals surface area contributed by atoms with E-state index in [4.69, 9.17) is 9.47 Å². The first-order valence-electron chi connectivity index (χ1n) is 9.24. The van der Waals surface area contributed by atoms with Crippen LogP contribution in [0.25, 0.3) is 6.08 Å². The fraction of sp³-hybridized carbons (Fsp3) is 0.182. The number of thioether (sulfide) groups is 1. The molecule has 0 saturated heterocycles. The molecule has 156 valence electrons. The first-order chi connectivity index (χ1) is 14.4. The monoisotopic (exact) mass is 429 g/mol. The lowest BCUT2D eigenvalue weighted by molar-refractivity contribution is -0.138. The maximum absolute atomic E-state index is 13.2. The van der Waals surface area contributed by atoms with Crippen LogP contribution in [0.5, 0.6) is 11.5 Å². The van der Waals surface area contributed by atoms with Crippen molar-refractivity contribution in [3.63, 3.8) is 0 Å². The van der Waals surface area contributed by atoms with Crippen LogP contribution >= 0.6 is 11.8 Å². The fourth-order valence-corrected chi connectivity index (χ4v) is 3.72. The third-order valence-electron chi connectivity index (χ3n) is 4.04. The Labute approximate surface area is 177 Å². The van der Waals surface area contributed by atoms with Gasteiger partial charge in [-0.3, -0.25) is 0 Å². The summed E-state index contributed by atoms with van der Waals surface area (Å²) in [5.74, 6) is -1.21. The number of phenols is 1. The highest BCUT2D eigenvalue weighted by atomic mass is 32.2. The Morgan fingerprint density at radius 2 is 1.87 bits per heavy atom. The highest BCUT2D eigenvalue weighted by Gasteiger charge is 2.33. The molecule has 1 heterocycles. The van der Waals surface area contributed by atoms with Crippen molar-refractivity contribution in [1.29, 1.82) is 0 Å². The smallest absolute Gasteiger partial charge is 0.344 e. The minimum atomic E-state index is -0.723. The van der Waals surface area contributed by atoms with Gasteiger partial charge in [-0.15, -0.1) is 0 Å². The van der Waals surface area contributed by atoms with Crippen molar-refractivity contribution in [2.75, 3.05) is 13.2 Å². The summed E-state index contributed by atoms with van der Waals surface area (Å²) in [5, 5.41) is 21.3. The molecule has 0 unspecified atom stereocenters. The molecule has 8 heteroatoms. The van der Waals surface area contributed by atoms with E-state index in [1.54, 1.807) is 32.0 Å². The van der Waals surface area contributed by atoms with Crippen molar-refractivity contribution >= 4 is 34.5 Å². The van der Waals surface area contributed by atoms with E-state index in [2.05, 4.69) is 4.99 Å². The molecule has 30 heavy (non-hydrogen) atoms. The van der Waals surface area contributed by atoms with E-state index in [0.29, 0.717) is 28.5 Å². The minimum absolute atomic E-state index is 0.0816. The van der Waals surface area contributed by atoms with E-state index in [9.17, 15) is 19.4 Å². The van der Waals surface area contributed by atoms with Gasteiger partial charge >= 0.3 is 5.97 Å². The Hall–Kier alpha value is -3.26. The second kappa shape index (κ2) is 9.49. The third-order valence-corrected chi connectivity index (χ3v) is 5.06. The van der Waals surface area contributed by atoms with Crippen LogP contribution in [0.15, 0.2) is 63.7 Å². The molecule has 2 aromatic carbocycles. The van der Waals surface area contributed by atoms with Crippen LogP contribution in [0.2, 0.25) is 0 Å². The first-order valence-corrected chi connectivity index (χ1v) is 10.1. The maximum atomic E-state index is 13.2. The number of aliphatic hydroxyl groups excluding tert-OH is 1. The number of aromatic hydroxyl groups is 1.